The first-order chi connectivity index (χ1) is 11.2. The number of nitrogens with two attached hydrogens (primary N) is 1. The van der Waals surface area contributed by atoms with Crippen molar-refractivity contribution in [2.75, 3.05) is 66.8 Å². The lowest BCUT2D eigenvalue weighted by Gasteiger charge is -2.29. The van der Waals surface area contributed by atoms with E-state index in [4.69, 9.17) is 19.9 Å². The Kier molecular flexibility index (Phi) is 16.4. The lowest BCUT2D eigenvalue weighted by atomic mass is 10.1. The summed E-state index contributed by atoms with van der Waals surface area (Å²) in [4.78, 5) is 0. The topological polar surface area (TPSA) is 77.8 Å². The maximum Gasteiger partial charge on any atom is 0.0865 e. The highest BCUT2D eigenvalue weighted by Crippen LogP contribution is 2.06. The second-order valence-electron chi connectivity index (χ2n) is 6.14. The summed E-state index contributed by atoms with van der Waals surface area (Å²) in [5.41, 5.74) is 5.87. The quantitative estimate of drug-likeness (QED) is 0.327. The second kappa shape index (κ2) is 16.6. The van der Waals surface area contributed by atoms with Crippen molar-refractivity contribution in [3.63, 3.8) is 0 Å². The Morgan fingerprint density at radius 3 is 1.57 bits per heavy atom. The van der Waals surface area contributed by atoms with Crippen molar-refractivity contribution >= 4 is 0 Å². The molecule has 0 saturated carbocycles. The van der Waals surface area contributed by atoms with Gasteiger partial charge in [0.1, 0.15) is 0 Å². The van der Waals surface area contributed by atoms with Gasteiger partial charge in [0.05, 0.1) is 25.4 Å². The van der Waals surface area contributed by atoms with E-state index in [9.17, 15) is 0 Å². The molecule has 140 valence electrons. The fourth-order valence-electron chi connectivity index (χ4n) is 2.11. The molecule has 0 rings (SSSR count). The van der Waals surface area contributed by atoms with Gasteiger partial charge in [-0.3, -0.25) is 0 Å². The van der Waals surface area contributed by atoms with Gasteiger partial charge in [0.15, 0.2) is 0 Å². The fourth-order valence-corrected chi connectivity index (χ4v) is 2.11. The molecule has 6 heteroatoms. The van der Waals surface area contributed by atoms with Crippen LogP contribution in [0, 0.1) is 0 Å². The van der Waals surface area contributed by atoms with Crippen LogP contribution in [0.15, 0.2) is 0 Å². The van der Waals surface area contributed by atoms with Crippen LogP contribution in [0.2, 0.25) is 0 Å². The lowest BCUT2D eigenvalue weighted by molar-refractivity contribution is -0.0238. The zero-order chi connectivity index (χ0) is 17.2. The van der Waals surface area contributed by atoms with Crippen LogP contribution >= 0.6 is 0 Å². The first-order valence-corrected chi connectivity index (χ1v) is 9.00. The van der Waals surface area contributed by atoms with Crippen molar-refractivity contribution in [3.8, 4) is 0 Å². The van der Waals surface area contributed by atoms with E-state index in [0.29, 0.717) is 33.0 Å². The monoisotopic (exact) mass is 333 g/mol. The van der Waals surface area contributed by atoms with Crippen LogP contribution in [-0.4, -0.2) is 72.4 Å². The fraction of sp³-hybridized carbons (Fsp3) is 1.00. The Morgan fingerprint density at radius 1 is 0.739 bits per heavy atom. The van der Waals surface area contributed by atoms with Crippen LogP contribution in [0.5, 0.6) is 0 Å². The Balaban J connectivity index is 4.00. The van der Waals surface area contributed by atoms with Gasteiger partial charge in [-0.2, -0.15) is 0 Å². The zero-order valence-corrected chi connectivity index (χ0v) is 15.5. The van der Waals surface area contributed by atoms with Crippen molar-refractivity contribution in [3.05, 3.63) is 0 Å². The van der Waals surface area contributed by atoms with Gasteiger partial charge in [0, 0.05) is 19.8 Å². The summed E-state index contributed by atoms with van der Waals surface area (Å²) in [7, 11) is 3.88. The average molecular weight is 334 g/mol. The standard InChI is InChI=1S/C17H39N3O3/c1-4-5-6-11-21-14-17(18,15-22-12-7-9-19-2)16-23-13-8-10-20-3/h19-20H,4-16,18H2,1-3H3. The smallest absolute Gasteiger partial charge is 0.0865 e. The van der Waals surface area contributed by atoms with Crippen molar-refractivity contribution < 1.29 is 14.2 Å². The molecule has 0 aromatic rings. The molecule has 0 fully saturated rings. The van der Waals surface area contributed by atoms with E-state index in [0.717, 1.165) is 39.0 Å². The van der Waals surface area contributed by atoms with Gasteiger partial charge in [-0.1, -0.05) is 19.8 Å². The van der Waals surface area contributed by atoms with E-state index in [2.05, 4.69) is 17.6 Å². The van der Waals surface area contributed by atoms with Crippen molar-refractivity contribution in [1.29, 1.82) is 0 Å². The van der Waals surface area contributed by atoms with E-state index in [1.165, 1.54) is 12.8 Å². The molecule has 0 aromatic carbocycles. The molecule has 0 heterocycles. The molecular formula is C17H39N3O3. The first kappa shape index (κ1) is 22.8. The van der Waals surface area contributed by atoms with Gasteiger partial charge < -0.3 is 30.6 Å². The molecule has 4 N–H and O–H groups in total. The van der Waals surface area contributed by atoms with E-state index < -0.39 is 5.54 Å². The number of rotatable bonds is 18. The predicted octanol–water partition coefficient (Wildman–Crippen LogP) is 1.14. The van der Waals surface area contributed by atoms with E-state index >= 15 is 0 Å². The number of hydrogen-bond acceptors (Lipinski definition) is 6. The molecule has 6 nitrogen and oxygen atoms in total. The summed E-state index contributed by atoms with van der Waals surface area (Å²) in [5.74, 6) is 0. The molecule has 23 heavy (non-hydrogen) atoms. The highest BCUT2D eigenvalue weighted by molar-refractivity contribution is 4.84. The van der Waals surface area contributed by atoms with Gasteiger partial charge in [-0.05, 0) is 46.4 Å². The Hall–Kier alpha value is -0.240. The van der Waals surface area contributed by atoms with Gasteiger partial charge in [-0.15, -0.1) is 0 Å². The summed E-state index contributed by atoms with van der Waals surface area (Å²) >= 11 is 0. The first-order valence-electron chi connectivity index (χ1n) is 9.00. The van der Waals surface area contributed by atoms with Crippen LogP contribution in [0.4, 0.5) is 0 Å². The van der Waals surface area contributed by atoms with Crippen molar-refractivity contribution in [1.82, 2.24) is 10.6 Å². The van der Waals surface area contributed by atoms with Crippen molar-refractivity contribution in [2.45, 2.75) is 44.6 Å². The van der Waals surface area contributed by atoms with E-state index in [-0.39, 0.29) is 0 Å². The highest BCUT2D eigenvalue weighted by atomic mass is 16.5. The predicted molar refractivity (Wildman–Crippen MR) is 96.0 cm³/mol. The molecule has 0 bridgehead atoms. The maximum absolute atomic E-state index is 6.44. The molecule has 0 amide bonds. The molecule has 0 spiro atoms. The Bertz CT molecular complexity index is 207. The van der Waals surface area contributed by atoms with Crippen LogP contribution in [0.3, 0.4) is 0 Å². The number of hydrogen-bond donors (Lipinski definition) is 3. The van der Waals surface area contributed by atoms with Gasteiger partial charge in [0.25, 0.3) is 0 Å². The second-order valence-corrected chi connectivity index (χ2v) is 6.14. The SMILES string of the molecule is CCCCCOCC(N)(COCCCNC)COCCCNC. The minimum Gasteiger partial charge on any atom is -0.379 e. The third-order valence-corrected chi connectivity index (χ3v) is 3.49. The van der Waals surface area contributed by atoms with Gasteiger partial charge in [-0.25, -0.2) is 0 Å². The largest absolute Gasteiger partial charge is 0.379 e. The minimum atomic E-state index is -0.564. The summed E-state index contributed by atoms with van der Waals surface area (Å²) in [6, 6.07) is 0. The molecule has 0 saturated heterocycles. The van der Waals surface area contributed by atoms with Gasteiger partial charge in [0.2, 0.25) is 0 Å². The Morgan fingerprint density at radius 2 is 1.17 bits per heavy atom. The Labute approximate surface area is 142 Å². The molecule has 0 unspecified atom stereocenters. The summed E-state index contributed by atoms with van der Waals surface area (Å²) in [6.07, 6.45) is 5.43. The third kappa shape index (κ3) is 15.1. The maximum atomic E-state index is 6.44. The molecule has 0 radical (unpaired) electrons. The molecule has 0 aliphatic carbocycles. The number of ether oxygens (including phenoxy) is 3. The van der Waals surface area contributed by atoms with Crippen molar-refractivity contribution in [2.24, 2.45) is 5.73 Å². The normalized spacial score (nSPS) is 12.0. The van der Waals surface area contributed by atoms with Gasteiger partial charge >= 0.3 is 0 Å². The summed E-state index contributed by atoms with van der Waals surface area (Å²) in [6.45, 7) is 7.67. The van der Waals surface area contributed by atoms with Crippen LogP contribution < -0.4 is 16.4 Å². The highest BCUT2D eigenvalue weighted by Gasteiger charge is 2.26. The molecule has 0 atom stereocenters. The van der Waals surface area contributed by atoms with Crippen LogP contribution in [-0.2, 0) is 14.2 Å². The molecular weight excluding hydrogens is 294 g/mol. The van der Waals surface area contributed by atoms with E-state index in [1.807, 2.05) is 14.1 Å². The van der Waals surface area contributed by atoms with E-state index in [1.54, 1.807) is 0 Å². The number of nitrogens with one attached hydrogen (secondary N) is 2. The zero-order valence-electron chi connectivity index (χ0n) is 15.5. The minimum absolute atomic E-state index is 0.469. The lowest BCUT2D eigenvalue weighted by Crippen LogP contribution is -2.53. The molecule has 0 aliphatic rings. The third-order valence-electron chi connectivity index (χ3n) is 3.49. The molecule has 0 aliphatic heterocycles. The van der Waals surface area contributed by atoms with Crippen LogP contribution in [0.25, 0.3) is 0 Å². The summed E-state index contributed by atoms with van der Waals surface area (Å²) < 4.78 is 17.2. The average Bonchev–Trinajstić information content (AvgIpc) is 2.54. The number of unbranched alkanes of at least 4 members (excludes halogenated alkanes) is 2. The summed E-state index contributed by atoms with van der Waals surface area (Å²) in [5, 5.41) is 6.21. The molecule has 0 aromatic heterocycles. The van der Waals surface area contributed by atoms with Crippen LogP contribution in [0.1, 0.15) is 39.0 Å².